The number of benzene rings is 2. The van der Waals surface area contributed by atoms with Crippen LogP contribution in [0.25, 0.3) is 11.3 Å². The number of hydrogen-bond donors (Lipinski definition) is 4. The number of H-pyrrole nitrogens is 1. The molecule has 4 aromatic rings. The zero-order valence-corrected chi connectivity index (χ0v) is 21.8. The average molecular weight is 596 g/mol. The molecule has 0 bridgehead atoms. The van der Waals surface area contributed by atoms with Gasteiger partial charge in [-0.05, 0) is 29.8 Å². The molecule has 216 valence electrons. The van der Waals surface area contributed by atoms with Gasteiger partial charge in [0.1, 0.15) is 41.1 Å². The van der Waals surface area contributed by atoms with E-state index in [2.05, 4.69) is 25.5 Å². The number of methoxy groups -OCH3 is 1. The molecule has 17 heteroatoms. The molecule has 0 spiro atoms. The standard InChI is InChI=1S/C24H21F4N7O5S/c1-39-19-10-30-18(9-31-19)32-23-20(22(29)36)21(33-34-23)14-4-7-16(35-41(37,38)12-24(26,27)28)17(8-14)40-11-13-2-5-15(25)6-3-13/h2-10,35H,11-12H2,1H3,(H2,29,36)(H2,30,32,33,34). The lowest BCUT2D eigenvalue weighted by molar-refractivity contribution is -0.106. The minimum absolute atomic E-state index is 0.0119. The van der Waals surface area contributed by atoms with E-state index in [1.165, 1.54) is 55.9 Å². The Morgan fingerprint density at radius 2 is 1.83 bits per heavy atom. The summed E-state index contributed by atoms with van der Waals surface area (Å²) in [6, 6.07) is 8.87. The van der Waals surface area contributed by atoms with Crippen LogP contribution in [0.5, 0.6) is 11.6 Å². The molecule has 2 aromatic heterocycles. The first-order valence-electron chi connectivity index (χ1n) is 11.4. The molecule has 0 aliphatic carbocycles. The monoisotopic (exact) mass is 595 g/mol. The van der Waals surface area contributed by atoms with Crippen LogP contribution in [0.2, 0.25) is 0 Å². The maximum absolute atomic E-state index is 13.3. The van der Waals surface area contributed by atoms with Crippen LogP contribution in [0.4, 0.5) is 34.9 Å². The molecule has 2 heterocycles. The summed E-state index contributed by atoms with van der Waals surface area (Å²) in [5.41, 5.74) is 5.85. The second-order valence-corrected chi connectivity index (χ2v) is 10.1. The van der Waals surface area contributed by atoms with Gasteiger partial charge in [-0.25, -0.2) is 22.8 Å². The fourth-order valence-corrected chi connectivity index (χ4v) is 4.54. The summed E-state index contributed by atoms with van der Waals surface area (Å²) in [7, 11) is -3.46. The van der Waals surface area contributed by atoms with Crippen molar-refractivity contribution in [3.63, 3.8) is 0 Å². The molecule has 0 aliphatic rings. The molecule has 0 unspecified atom stereocenters. The summed E-state index contributed by atoms with van der Waals surface area (Å²) >= 11 is 0. The molecule has 0 aliphatic heterocycles. The van der Waals surface area contributed by atoms with Crippen LogP contribution in [0.1, 0.15) is 15.9 Å². The number of anilines is 3. The zero-order valence-electron chi connectivity index (χ0n) is 21.0. The average Bonchev–Trinajstić information content (AvgIpc) is 3.31. The Bertz CT molecular complexity index is 1640. The largest absolute Gasteiger partial charge is 0.487 e. The van der Waals surface area contributed by atoms with Gasteiger partial charge in [-0.2, -0.15) is 18.3 Å². The first-order chi connectivity index (χ1) is 19.3. The molecular weight excluding hydrogens is 574 g/mol. The molecule has 4 rings (SSSR count). The highest BCUT2D eigenvalue weighted by atomic mass is 32.2. The number of carbonyl (C=O) groups excluding carboxylic acids is 1. The summed E-state index contributed by atoms with van der Waals surface area (Å²) in [6.07, 6.45) is -2.34. The number of primary amides is 1. The van der Waals surface area contributed by atoms with Crippen LogP contribution in [0.3, 0.4) is 0 Å². The minimum Gasteiger partial charge on any atom is -0.487 e. The Hall–Kier alpha value is -4.93. The van der Waals surface area contributed by atoms with E-state index < -0.39 is 33.7 Å². The van der Waals surface area contributed by atoms with Crippen molar-refractivity contribution in [2.75, 3.05) is 22.9 Å². The van der Waals surface area contributed by atoms with Gasteiger partial charge in [-0.3, -0.25) is 14.6 Å². The van der Waals surface area contributed by atoms with E-state index in [9.17, 15) is 30.8 Å². The molecule has 0 radical (unpaired) electrons. The quantitative estimate of drug-likeness (QED) is 0.188. The van der Waals surface area contributed by atoms with Crippen LogP contribution in [0.15, 0.2) is 54.9 Å². The normalized spacial score (nSPS) is 11.6. The van der Waals surface area contributed by atoms with Crippen molar-refractivity contribution < 1.29 is 40.2 Å². The van der Waals surface area contributed by atoms with Gasteiger partial charge in [0.15, 0.2) is 5.75 Å². The lowest BCUT2D eigenvalue weighted by Gasteiger charge is -2.16. The third kappa shape index (κ3) is 7.59. The predicted octanol–water partition coefficient (Wildman–Crippen LogP) is 3.74. The first-order valence-corrected chi connectivity index (χ1v) is 13.1. The SMILES string of the molecule is COc1cnc(Nc2[nH]nc(-c3ccc(NS(=O)(=O)CC(F)(F)F)c(OCc4ccc(F)cc4)c3)c2C(N)=O)cn1. The third-order valence-electron chi connectivity index (χ3n) is 5.28. The maximum atomic E-state index is 13.3. The summed E-state index contributed by atoms with van der Waals surface area (Å²) < 4.78 is 88.5. The molecule has 0 saturated heterocycles. The number of halogens is 4. The van der Waals surface area contributed by atoms with Gasteiger partial charge < -0.3 is 20.5 Å². The Balaban J connectivity index is 1.70. The van der Waals surface area contributed by atoms with Crippen molar-refractivity contribution >= 4 is 33.3 Å². The van der Waals surface area contributed by atoms with E-state index in [1.807, 2.05) is 4.72 Å². The second-order valence-electron chi connectivity index (χ2n) is 8.36. The first kappa shape index (κ1) is 29.1. The highest BCUT2D eigenvalue weighted by Gasteiger charge is 2.35. The number of nitrogens with one attached hydrogen (secondary N) is 3. The smallest absolute Gasteiger partial charge is 0.404 e. The molecule has 5 N–H and O–H groups in total. The van der Waals surface area contributed by atoms with Crippen molar-refractivity contribution in [1.29, 1.82) is 0 Å². The second kappa shape index (κ2) is 11.7. The Labute approximate surface area is 230 Å². The van der Waals surface area contributed by atoms with Crippen molar-refractivity contribution in [2.24, 2.45) is 5.73 Å². The summed E-state index contributed by atoms with van der Waals surface area (Å²) in [4.78, 5) is 20.5. The maximum Gasteiger partial charge on any atom is 0.404 e. The van der Waals surface area contributed by atoms with E-state index in [0.29, 0.717) is 5.56 Å². The Morgan fingerprint density at radius 1 is 1.10 bits per heavy atom. The molecule has 12 nitrogen and oxygen atoms in total. The molecule has 41 heavy (non-hydrogen) atoms. The molecule has 0 fully saturated rings. The summed E-state index contributed by atoms with van der Waals surface area (Å²) in [6.45, 7) is -0.204. The molecule has 1 amide bonds. The third-order valence-corrected chi connectivity index (χ3v) is 6.52. The van der Waals surface area contributed by atoms with Gasteiger partial charge in [0, 0.05) is 5.56 Å². The van der Waals surface area contributed by atoms with E-state index >= 15 is 0 Å². The number of aromatic amines is 1. The van der Waals surface area contributed by atoms with Crippen LogP contribution >= 0.6 is 0 Å². The number of aromatic nitrogens is 4. The number of carbonyl (C=O) groups is 1. The minimum atomic E-state index is -5.00. The van der Waals surface area contributed by atoms with E-state index in [-0.39, 0.29) is 52.4 Å². The highest BCUT2D eigenvalue weighted by molar-refractivity contribution is 7.92. The molecule has 0 saturated carbocycles. The highest BCUT2D eigenvalue weighted by Crippen LogP contribution is 2.35. The van der Waals surface area contributed by atoms with E-state index in [1.54, 1.807) is 0 Å². The topological polar surface area (TPSA) is 174 Å². The van der Waals surface area contributed by atoms with Gasteiger partial charge in [0.2, 0.25) is 15.9 Å². The van der Waals surface area contributed by atoms with Crippen LogP contribution in [-0.2, 0) is 16.6 Å². The Morgan fingerprint density at radius 3 is 2.44 bits per heavy atom. The fourth-order valence-electron chi connectivity index (χ4n) is 3.53. The number of hydrogen-bond acceptors (Lipinski definition) is 9. The molecule has 2 aromatic carbocycles. The number of ether oxygens (including phenoxy) is 2. The summed E-state index contributed by atoms with van der Waals surface area (Å²) in [5.74, 6) is -3.23. The van der Waals surface area contributed by atoms with Gasteiger partial charge in [0.25, 0.3) is 5.91 Å². The molecular formula is C24H21F4N7O5S. The van der Waals surface area contributed by atoms with Gasteiger partial charge in [0.05, 0.1) is 25.2 Å². The van der Waals surface area contributed by atoms with Gasteiger partial charge in [-0.1, -0.05) is 18.2 Å². The lowest BCUT2D eigenvalue weighted by atomic mass is 10.1. The van der Waals surface area contributed by atoms with Crippen molar-refractivity contribution in [3.8, 4) is 22.9 Å². The summed E-state index contributed by atoms with van der Waals surface area (Å²) in [5, 5.41) is 9.55. The number of nitrogens with two attached hydrogens (primary N) is 1. The van der Waals surface area contributed by atoms with Crippen LogP contribution in [-0.4, -0.2) is 53.5 Å². The van der Waals surface area contributed by atoms with E-state index in [0.717, 1.165) is 6.07 Å². The van der Waals surface area contributed by atoms with Crippen LogP contribution in [0, 0.1) is 5.82 Å². The predicted molar refractivity (Wildman–Crippen MR) is 139 cm³/mol. The van der Waals surface area contributed by atoms with Gasteiger partial charge in [-0.15, -0.1) is 0 Å². The number of sulfonamides is 1. The van der Waals surface area contributed by atoms with Crippen molar-refractivity contribution in [1.82, 2.24) is 20.2 Å². The fraction of sp³-hybridized carbons (Fsp3) is 0.167. The number of rotatable bonds is 11. The number of alkyl halides is 3. The van der Waals surface area contributed by atoms with Crippen molar-refractivity contribution in [2.45, 2.75) is 12.8 Å². The zero-order chi connectivity index (χ0) is 29.8. The van der Waals surface area contributed by atoms with Crippen molar-refractivity contribution in [3.05, 3.63) is 71.8 Å². The number of nitrogens with zero attached hydrogens (tertiary/aromatic N) is 3. The lowest BCUT2D eigenvalue weighted by Crippen LogP contribution is -2.28. The van der Waals surface area contributed by atoms with Crippen LogP contribution < -0.4 is 25.2 Å². The number of amides is 1. The Kier molecular flexibility index (Phi) is 8.27. The molecule has 0 atom stereocenters. The van der Waals surface area contributed by atoms with E-state index in [4.69, 9.17) is 15.2 Å². The van der Waals surface area contributed by atoms with Gasteiger partial charge >= 0.3 is 6.18 Å².